The van der Waals surface area contributed by atoms with E-state index < -0.39 is 5.97 Å². The summed E-state index contributed by atoms with van der Waals surface area (Å²) >= 11 is 11.8. The molecule has 24 heavy (non-hydrogen) atoms. The highest BCUT2D eigenvalue weighted by atomic mass is 35.5. The van der Waals surface area contributed by atoms with Gasteiger partial charge in [-0.3, -0.25) is 9.59 Å². The third-order valence-corrected chi connectivity index (χ3v) is 3.94. The van der Waals surface area contributed by atoms with Crippen LogP contribution in [0.5, 0.6) is 0 Å². The summed E-state index contributed by atoms with van der Waals surface area (Å²) in [6, 6.07) is 5.41. The number of carbonyl (C=O) groups is 2. The van der Waals surface area contributed by atoms with Crippen LogP contribution in [0.4, 0.5) is 0 Å². The summed E-state index contributed by atoms with van der Waals surface area (Å²) in [5.74, 6) is -1.11. The van der Waals surface area contributed by atoms with Crippen LogP contribution in [-0.4, -0.2) is 32.0 Å². The Hall–Kier alpha value is -2.12. The van der Waals surface area contributed by atoms with Gasteiger partial charge in [-0.15, -0.1) is 5.10 Å². The smallest absolute Gasteiger partial charge is 0.325 e. The Kier molecular flexibility index (Phi) is 6.57. The van der Waals surface area contributed by atoms with Crippen LogP contribution >= 0.6 is 23.2 Å². The molecule has 2 rings (SSSR count). The number of carboxylic acids is 1. The van der Waals surface area contributed by atoms with Gasteiger partial charge in [0.15, 0.2) is 0 Å². The maximum absolute atomic E-state index is 11.8. The van der Waals surface area contributed by atoms with E-state index in [9.17, 15) is 9.59 Å². The number of rotatable bonds is 8. The summed E-state index contributed by atoms with van der Waals surface area (Å²) in [6.07, 6.45) is 3.25. The van der Waals surface area contributed by atoms with Gasteiger partial charge in [0.25, 0.3) is 0 Å². The normalized spacial score (nSPS) is 10.6. The maximum Gasteiger partial charge on any atom is 0.325 e. The van der Waals surface area contributed by atoms with Crippen molar-refractivity contribution < 1.29 is 14.7 Å². The van der Waals surface area contributed by atoms with E-state index in [4.69, 9.17) is 28.3 Å². The molecule has 0 aliphatic heterocycles. The van der Waals surface area contributed by atoms with Crippen LogP contribution in [0, 0.1) is 0 Å². The molecule has 128 valence electrons. The Labute approximate surface area is 148 Å². The van der Waals surface area contributed by atoms with Crippen LogP contribution in [0.1, 0.15) is 24.1 Å². The molecule has 0 spiro atoms. The van der Waals surface area contributed by atoms with Gasteiger partial charge in [0.05, 0.1) is 22.8 Å². The Morgan fingerprint density at radius 3 is 2.75 bits per heavy atom. The van der Waals surface area contributed by atoms with Crippen molar-refractivity contribution in [3.8, 4) is 0 Å². The van der Waals surface area contributed by atoms with Gasteiger partial charge in [-0.2, -0.15) is 0 Å². The molecule has 0 atom stereocenters. The van der Waals surface area contributed by atoms with Gasteiger partial charge in [-0.05, 0) is 30.5 Å². The lowest BCUT2D eigenvalue weighted by molar-refractivity contribution is -0.138. The minimum Gasteiger partial charge on any atom is -0.480 e. The first kappa shape index (κ1) is 18.2. The molecule has 0 radical (unpaired) electrons. The van der Waals surface area contributed by atoms with Crippen molar-refractivity contribution in [2.45, 2.75) is 32.4 Å². The van der Waals surface area contributed by atoms with E-state index in [1.54, 1.807) is 12.1 Å². The Morgan fingerprint density at radius 1 is 1.25 bits per heavy atom. The lowest BCUT2D eigenvalue weighted by Crippen LogP contribution is -2.22. The van der Waals surface area contributed by atoms with E-state index >= 15 is 0 Å². The van der Waals surface area contributed by atoms with Crippen LogP contribution < -0.4 is 5.32 Å². The first-order chi connectivity index (χ1) is 11.4. The summed E-state index contributed by atoms with van der Waals surface area (Å²) in [6.45, 7) is -0.0458. The molecule has 0 fully saturated rings. The van der Waals surface area contributed by atoms with E-state index in [1.807, 2.05) is 6.07 Å². The van der Waals surface area contributed by atoms with Crippen LogP contribution in [0.2, 0.25) is 10.0 Å². The largest absolute Gasteiger partial charge is 0.480 e. The molecule has 1 amide bonds. The van der Waals surface area contributed by atoms with Gasteiger partial charge in [-0.25, -0.2) is 4.68 Å². The highest BCUT2D eigenvalue weighted by Gasteiger charge is 2.07. The fourth-order valence-corrected chi connectivity index (χ4v) is 2.38. The molecule has 7 nitrogen and oxygen atoms in total. The number of nitrogens with one attached hydrogen (secondary N) is 1. The molecule has 2 N–H and O–H groups in total. The number of nitrogens with zero attached hydrogens (tertiary/aromatic N) is 3. The minimum atomic E-state index is -1.00. The molecule has 0 aliphatic rings. The number of amides is 1. The number of aryl methyl sites for hydroxylation is 1. The minimum absolute atomic E-state index is 0.108. The summed E-state index contributed by atoms with van der Waals surface area (Å²) < 4.78 is 1.20. The lowest BCUT2D eigenvalue weighted by atomic mass is 10.1. The number of carboxylic acid groups (broad SMARTS) is 1. The van der Waals surface area contributed by atoms with Gasteiger partial charge >= 0.3 is 5.97 Å². The predicted octanol–water partition coefficient (Wildman–Crippen LogP) is 2.31. The van der Waals surface area contributed by atoms with Crippen molar-refractivity contribution in [3.63, 3.8) is 0 Å². The highest BCUT2D eigenvalue weighted by Crippen LogP contribution is 2.23. The lowest BCUT2D eigenvalue weighted by Gasteiger charge is -2.04. The van der Waals surface area contributed by atoms with Crippen molar-refractivity contribution in [1.29, 1.82) is 0 Å². The molecule has 0 saturated heterocycles. The third-order valence-electron chi connectivity index (χ3n) is 3.20. The van der Waals surface area contributed by atoms with E-state index in [1.165, 1.54) is 10.9 Å². The van der Waals surface area contributed by atoms with E-state index in [0.717, 1.165) is 12.0 Å². The molecule has 1 aromatic carbocycles. The zero-order valence-electron chi connectivity index (χ0n) is 12.7. The Morgan fingerprint density at radius 2 is 2.04 bits per heavy atom. The first-order valence-corrected chi connectivity index (χ1v) is 8.01. The van der Waals surface area contributed by atoms with Gasteiger partial charge in [0.1, 0.15) is 12.2 Å². The molecule has 1 aromatic heterocycles. The highest BCUT2D eigenvalue weighted by molar-refractivity contribution is 6.42. The summed E-state index contributed by atoms with van der Waals surface area (Å²) in [7, 11) is 0. The van der Waals surface area contributed by atoms with Crippen molar-refractivity contribution in [1.82, 2.24) is 20.3 Å². The predicted molar refractivity (Wildman–Crippen MR) is 88.9 cm³/mol. The average molecular weight is 371 g/mol. The number of benzene rings is 1. The van der Waals surface area contributed by atoms with Crippen molar-refractivity contribution >= 4 is 35.1 Å². The van der Waals surface area contributed by atoms with Gasteiger partial charge in [-0.1, -0.05) is 34.5 Å². The SMILES string of the molecule is O=C(O)Cn1cc(CNC(=O)CCCc2ccc(Cl)c(Cl)c2)nn1. The maximum atomic E-state index is 11.8. The number of hydrogen-bond acceptors (Lipinski definition) is 4. The van der Waals surface area contributed by atoms with Gasteiger partial charge < -0.3 is 10.4 Å². The molecule has 0 bridgehead atoms. The second-order valence-electron chi connectivity index (χ2n) is 5.18. The molecular weight excluding hydrogens is 355 g/mol. The Balaban J connectivity index is 1.70. The number of hydrogen-bond donors (Lipinski definition) is 2. The number of aromatic nitrogens is 3. The van der Waals surface area contributed by atoms with E-state index in [2.05, 4.69) is 15.6 Å². The van der Waals surface area contributed by atoms with Crippen LogP contribution in [0.15, 0.2) is 24.4 Å². The van der Waals surface area contributed by atoms with E-state index in [-0.39, 0.29) is 19.0 Å². The molecular formula is C15H16Cl2N4O3. The van der Waals surface area contributed by atoms with Gasteiger partial charge in [0, 0.05) is 6.42 Å². The topological polar surface area (TPSA) is 97.1 Å². The number of carbonyl (C=O) groups excluding carboxylic acids is 1. The number of halogens is 2. The fraction of sp³-hybridized carbons (Fsp3) is 0.333. The molecule has 0 aliphatic carbocycles. The zero-order valence-corrected chi connectivity index (χ0v) is 14.2. The van der Waals surface area contributed by atoms with Crippen molar-refractivity contribution in [2.75, 3.05) is 0 Å². The van der Waals surface area contributed by atoms with Crippen molar-refractivity contribution in [2.24, 2.45) is 0 Å². The fourth-order valence-electron chi connectivity index (χ4n) is 2.06. The third kappa shape index (κ3) is 5.82. The van der Waals surface area contributed by atoms with Gasteiger partial charge in [0.2, 0.25) is 5.91 Å². The second kappa shape index (κ2) is 8.65. The molecule has 0 saturated carbocycles. The van der Waals surface area contributed by atoms with Crippen LogP contribution in [0.25, 0.3) is 0 Å². The summed E-state index contributed by atoms with van der Waals surface area (Å²) in [5.41, 5.74) is 1.53. The molecule has 9 heteroatoms. The molecule has 0 unspecified atom stereocenters. The monoisotopic (exact) mass is 370 g/mol. The quantitative estimate of drug-likeness (QED) is 0.742. The molecule has 2 aromatic rings. The van der Waals surface area contributed by atoms with Crippen LogP contribution in [0.3, 0.4) is 0 Å². The first-order valence-electron chi connectivity index (χ1n) is 7.25. The molecule has 1 heterocycles. The van der Waals surface area contributed by atoms with E-state index in [0.29, 0.717) is 28.6 Å². The summed E-state index contributed by atoms with van der Waals surface area (Å²) in [4.78, 5) is 22.3. The average Bonchev–Trinajstić information content (AvgIpc) is 2.95. The van der Waals surface area contributed by atoms with Crippen molar-refractivity contribution in [3.05, 3.63) is 45.7 Å². The zero-order chi connectivity index (χ0) is 17.5. The summed E-state index contributed by atoms with van der Waals surface area (Å²) in [5, 5.41) is 19.8. The Bertz CT molecular complexity index is 733. The second-order valence-corrected chi connectivity index (χ2v) is 5.99. The standard InChI is InChI=1S/C15H16Cl2N4O3/c16-12-5-4-10(6-13(12)17)2-1-3-14(22)18-7-11-8-21(20-19-11)9-15(23)24/h4-6,8H,1-3,7,9H2,(H,18,22)(H,23,24). The van der Waals surface area contributed by atoms with Crippen LogP contribution in [-0.2, 0) is 29.1 Å². The number of aliphatic carboxylic acids is 1.